The van der Waals surface area contributed by atoms with Crippen LogP contribution in [0.3, 0.4) is 0 Å². The van der Waals surface area contributed by atoms with E-state index in [-0.39, 0.29) is 6.04 Å². The highest BCUT2D eigenvalue weighted by molar-refractivity contribution is 5.27. The summed E-state index contributed by atoms with van der Waals surface area (Å²) >= 11 is 0. The van der Waals surface area contributed by atoms with Crippen LogP contribution in [0.25, 0.3) is 0 Å². The lowest BCUT2D eigenvalue weighted by Crippen LogP contribution is -2.31. The predicted molar refractivity (Wildman–Crippen MR) is 101 cm³/mol. The van der Waals surface area contributed by atoms with Crippen LogP contribution in [0.15, 0.2) is 54.6 Å². The second-order valence-electron chi connectivity index (χ2n) is 6.85. The standard InChI is InChI=1S/C21H30N2O/c1-17(2)21(22)13-14-23(3)15-18-9-11-20(12-10-18)24-16-19-7-5-4-6-8-19/h4-12,17,21H,13-16,22H2,1-3H3. The molecular formula is C21H30N2O. The Hall–Kier alpha value is -1.84. The molecule has 0 saturated carbocycles. The lowest BCUT2D eigenvalue weighted by atomic mass is 10.0. The lowest BCUT2D eigenvalue weighted by Gasteiger charge is -2.21. The lowest BCUT2D eigenvalue weighted by molar-refractivity contribution is 0.295. The first-order valence-corrected chi connectivity index (χ1v) is 8.74. The highest BCUT2D eigenvalue weighted by atomic mass is 16.5. The van der Waals surface area contributed by atoms with Gasteiger partial charge in [0.15, 0.2) is 0 Å². The molecule has 0 aliphatic rings. The molecule has 2 aromatic carbocycles. The van der Waals surface area contributed by atoms with Crippen molar-refractivity contribution in [3.05, 3.63) is 65.7 Å². The molecule has 2 N–H and O–H groups in total. The number of benzene rings is 2. The summed E-state index contributed by atoms with van der Waals surface area (Å²) in [6, 6.07) is 18.9. The van der Waals surface area contributed by atoms with Crippen molar-refractivity contribution in [2.24, 2.45) is 11.7 Å². The Labute approximate surface area is 146 Å². The second-order valence-corrected chi connectivity index (χ2v) is 6.85. The Morgan fingerprint density at radius 2 is 1.62 bits per heavy atom. The summed E-state index contributed by atoms with van der Waals surface area (Å²) in [6.45, 7) is 6.92. The molecule has 24 heavy (non-hydrogen) atoms. The SMILES string of the molecule is CC(C)C(N)CCN(C)Cc1ccc(OCc2ccccc2)cc1. The molecule has 1 atom stereocenters. The molecule has 2 aromatic rings. The van der Waals surface area contributed by atoms with Gasteiger partial charge in [-0.05, 0) is 49.2 Å². The average molecular weight is 326 g/mol. The minimum absolute atomic E-state index is 0.279. The predicted octanol–water partition coefficient (Wildman–Crippen LogP) is 4.07. The van der Waals surface area contributed by atoms with Crippen molar-refractivity contribution in [3.63, 3.8) is 0 Å². The number of rotatable bonds is 9. The van der Waals surface area contributed by atoms with E-state index in [9.17, 15) is 0 Å². The second kappa shape index (κ2) is 9.45. The van der Waals surface area contributed by atoms with Gasteiger partial charge >= 0.3 is 0 Å². The third kappa shape index (κ3) is 6.34. The Bertz CT molecular complexity index is 581. The fraction of sp³-hybridized carbons (Fsp3) is 0.429. The number of hydrogen-bond acceptors (Lipinski definition) is 3. The van der Waals surface area contributed by atoms with Gasteiger partial charge < -0.3 is 15.4 Å². The Morgan fingerprint density at radius 3 is 2.25 bits per heavy atom. The first-order valence-electron chi connectivity index (χ1n) is 8.74. The molecule has 0 spiro atoms. The fourth-order valence-corrected chi connectivity index (χ4v) is 2.53. The van der Waals surface area contributed by atoms with E-state index in [0.29, 0.717) is 12.5 Å². The maximum absolute atomic E-state index is 6.12. The normalized spacial score (nSPS) is 12.6. The molecule has 0 amide bonds. The van der Waals surface area contributed by atoms with Gasteiger partial charge in [0.25, 0.3) is 0 Å². The van der Waals surface area contributed by atoms with Crippen LogP contribution in [0.2, 0.25) is 0 Å². The van der Waals surface area contributed by atoms with Crippen LogP contribution >= 0.6 is 0 Å². The fourth-order valence-electron chi connectivity index (χ4n) is 2.53. The van der Waals surface area contributed by atoms with Crippen LogP contribution in [0.5, 0.6) is 5.75 Å². The minimum atomic E-state index is 0.279. The van der Waals surface area contributed by atoms with E-state index < -0.39 is 0 Å². The van der Waals surface area contributed by atoms with E-state index in [1.165, 1.54) is 11.1 Å². The van der Waals surface area contributed by atoms with Crippen molar-refractivity contribution >= 4 is 0 Å². The highest BCUT2D eigenvalue weighted by Gasteiger charge is 2.09. The summed E-state index contributed by atoms with van der Waals surface area (Å²) in [5.41, 5.74) is 8.59. The maximum Gasteiger partial charge on any atom is 0.119 e. The van der Waals surface area contributed by atoms with Gasteiger partial charge in [-0.3, -0.25) is 0 Å². The van der Waals surface area contributed by atoms with Gasteiger partial charge in [-0.25, -0.2) is 0 Å². The Kier molecular flexibility index (Phi) is 7.29. The number of nitrogens with zero attached hydrogens (tertiary/aromatic N) is 1. The largest absolute Gasteiger partial charge is 0.489 e. The van der Waals surface area contributed by atoms with Crippen LogP contribution in [0.1, 0.15) is 31.4 Å². The van der Waals surface area contributed by atoms with Crippen LogP contribution in [-0.2, 0) is 13.2 Å². The molecule has 0 heterocycles. The van der Waals surface area contributed by atoms with Crippen molar-refractivity contribution in [3.8, 4) is 5.75 Å². The summed E-state index contributed by atoms with van der Waals surface area (Å²) in [6.07, 6.45) is 1.03. The van der Waals surface area contributed by atoms with E-state index in [2.05, 4.69) is 50.1 Å². The van der Waals surface area contributed by atoms with E-state index in [0.717, 1.165) is 25.3 Å². The first-order chi connectivity index (χ1) is 11.5. The maximum atomic E-state index is 6.12. The van der Waals surface area contributed by atoms with Crippen molar-refractivity contribution in [2.45, 2.75) is 39.5 Å². The molecule has 0 radical (unpaired) electrons. The zero-order valence-corrected chi connectivity index (χ0v) is 15.1. The molecule has 1 unspecified atom stereocenters. The van der Waals surface area contributed by atoms with Gasteiger partial charge in [-0.15, -0.1) is 0 Å². The van der Waals surface area contributed by atoms with Gasteiger partial charge in [0.05, 0.1) is 0 Å². The number of nitrogens with two attached hydrogens (primary N) is 1. The first kappa shape index (κ1) is 18.5. The van der Waals surface area contributed by atoms with E-state index in [1.807, 2.05) is 30.3 Å². The summed E-state index contributed by atoms with van der Waals surface area (Å²) in [5.74, 6) is 1.45. The van der Waals surface area contributed by atoms with Crippen molar-refractivity contribution in [2.75, 3.05) is 13.6 Å². The van der Waals surface area contributed by atoms with E-state index >= 15 is 0 Å². The molecule has 0 saturated heterocycles. The quantitative estimate of drug-likeness (QED) is 0.755. The summed E-state index contributed by atoms with van der Waals surface area (Å²) < 4.78 is 5.83. The third-order valence-electron chi connectivity index (χ3n) is 4.32. The van der Waals surface area contributed by atoms with Crippen LogP contribution in [0.4, 0.5) is 0 Å². The number of hydrogen-bond donors (Lipinski definition) is 1. The van der Waals surface area contributed by atoms with Gasteiger partial charge in [-0.2, -0.15) is 0 Å². The minimum Gasteiger partial charge on any atom is -0.489 e. The van der Waals surface area contributed by atoms with Crippen molar-refractivity contribution in [1.82, 2.24) is 4.90 Å². The molecule has 0 aromatic heterocycles. The Balaban J connectivity index is 1.77. The van der Waals surface area contributed by atoms with Crippen molar-refractivity contribution < 1.29 is 4.74 Å². The summed E-state index contributed by atoms with van der Waals surface area (Å²) in [4.78, 5) is 2.32. The average Bonchev–Trinajstić information content (AvgIpc) is 2.60. The topological polar surface area (TPSA) is 38.5 Å². The van der Waals surface area contributed by atoms with Gasteiger partial charge in [0.2, 0.25) is 0 Å². The molecule has 0 aliphatic carbocycles. The molecule has 2 rings (SSSR count). The molecule has 3 nitrogen and oxygen atoms in total. The van der Waals surface area contributed by atoms with Gasteiger partial charge in [-0.1, -0.05) is 56.3 Å². The molecule has 0 aliphatic heterocycles. The molecule has 130 valence electrons. The number of ether oxygens (including phenoxy) is 1. The molecule has 0 fully saturated rings. The van der Waals surface area contributed by atoms with Gasteiger partial charge in [0.1, 0.15) is 12.4 Å². The smallest absolute Gasteiger partial charge is 0.119 e. The summed E-state index contributed by atoms with van der Waals surface area (Å²) in [5, 5.41) is 0. The third-order valence-corrected chi connectivity index (χ3v) is 4.32. The van der Waals surface area contributed by atoms with Gasteiger partial charge in [0, 0.05) is 12.6 Å². The zero-order valence-electron chi connectivity index (χ0n) is 15.1. The van der Waals surface area contributed by atoms with Crippen molar-refractivity contribution in [1.29, 1.82) is 0 Å². The van der Waals surface area contributed by atoms with Crippen LogP contribution in [-0.4, -0.2) is 24.5 Å². The highest BCUT2D eigenvalue weighted by Crippen LogP contribution is 2.15. The van der Waals surface area contributed by atoms with E-state index in [1.54, 1.807) is 0 Å². The molecule has 3 heteroatoms. The molecule has 0 bridgehead atoms. The zero-order chi connectivity index (χ0) is 17.4. The molecular weight excluding hydrogens is 296 g/mol. The Morgan fingerprint density at radius 1 is 0.958 bits per heavy atom. The van der Waals surface area contributed by atoms with Crippen LogP contribution < -0.4 is 10.5 Å². The monoisotopic (exact) mass is 326 g/mol. The van der Waals surface area contributed by atoms with Crippen LogP contribution in [0, 0.1) is 5.92 Å². The summed E-state index contributed by atoms with van der Waals surface area (Å²) in [7, 11) is 2.15. The van der Waals surface area contributed by atoms with E-state index in [4.69, 9.17) is 10.5 Å².